The Hall–Kier alpha value is -1.10. The highest BCUT2D eigenvalue weighted by Crippen LogP contribution is 2.25. The Bertz CT molecular complexity index is 377. The molecule has 0 aliphatic rings. The molecule has 0 unspecified atom stereocenters. The summed E-state index contributed by atoms with van der Waals surface area (Å²) >= 11 is 0. The second-order valence-corrected chi connectivity index (χ2v) is 4.81. The topological polar surface area (TPSA) is 72.7 Å². The van der Waals surface area contributed by atoms with Crippen LogP contribution in [0.2, 0.25) is 0 Å². The summed E-state index contributed by atoms with van der Waals surface area (Å²) in [6, 6.07) is 4.81. The number of nitrogens with one attached hydrogen (secondary N) is 1. The van der Waals surface area contributed by atoms with Crippen LogP contribution in [-0.4, -0.2) is 28.4 Å². The molecule has 4 heteroatoms. The number of aliphatic hydroxyl groups is 2. The Morgan fingerprint density at radius 3 is 2.67 bits per heavy atom. The van der Waals surface area contributed by atoms with Gasteiger partial charge in [-0.15, -0.1) is 0 Å². The minimum atomic E-state index is -1.01. The number of hydrogen-bond acceptors (Lipinski definition) is 4. The van der Waals surface area contributed by atoms with Gasteiger partial charge in [-0.25, -0.2) is 0 Å². The molecule has 18 heavy (non-hydrogen) atoms. The largest absolute Gasteiger partial charge is 0.508 e. The highest BCUT2D eigenvalue weighted by Gasteiger charge is 2.23. The fraction of sp³-hybridized carbons (Fsp3) is 0.571. The van der Waals surface area contributed by atoms with Crippen molar-refractivity contribution in [2.45, 2.75) is 38.9 Å². The lowest BCUT2D eigenvalue weighted by Crippen LogP contribution is -2.35. The fourth-order valence-electron chi connectivity index (χ4n) is 1.78. The highest BCUT2D eigenvalue weighted by molar-refractivity contribution is 5.38. The maximum Gasteiger partial charge on any atom is 0.121 e. The van der Waals surface area contributed by atoms with E-state index in [2.05, 4.69) is 12.2 Å². The van der Waals surface area contributed by atoms with E-state index in [9.17, 15) is 10.2 Å². The Kier molecular flexibility index (Phi) is 5.59. The molecule has 0 bridgehead atoms. The molecule has 1 atom stereocenters. The third kappa shape index (κ3) is 3.98. The second kappa shape index (κ2) is 6.73. The van der Waals surface area contributed by atoms with Gasteiger partial charge >= 0.3 is 0 Å². The quantitative estimate of drug-likeness (QED) is 0.555. The maximum atomic E-state index is 10.4. The van der Waals surface area contributed by atoms with Crippen LogP contribution in [0.4, 0.5) is 0 Å². The molecule has 1 aromatic carbocycles. The van der Waals surface area contributed by atoms with Crippen LogP contribution in [0.25, 0.3) is 0 Å². The molecular weight excluding hydrogens is 230 g/mol. The Labute approximate surface area is 108 Å². The van der Waals surface area contributed by atoms with E-state index in [0.717, 1.165) is 19.4 Å². The van der Waals surface area contributed by atoms with Gasteiger partial charge in [0.15, 0.2) is 0 Å². The van der Waals surface area contributed by atoms with Crippen molar-refractivity contribution in [2.24, 2.45) is 0 Å². The first-order valence-electron chi connectivity index (χ1n) is 6.37. The summed E-state index contributed by atoms with van der Waals surface area (Å²) in [7, 11) is 0. The van der Waals surface area contributed by atoms with Crippen LogP contribution < -0.4 is 5.32 Å². The average molecular weight is 253 g/mol. The fourth-order valence-corrected chi connectivity index (χ4v) is 1.78. The summed E-state index contributed by atoms with van der Waals surface area (Å²) in [5.41, 5.74) is 0.112. The van der Waals surface area contributed by atoms with Crippen LogP contribution in [0.1, 0.15) is 37.8 Å². The van der Waals surface area contributed by atoms with Gasteiger partial charge in [-0.05, 0) is 37.6 Å². The van der Waals surface area contributed by atoms with E-state index in [1.807, 2.05) is 0 Å². The van der Waals surface area contributed by atoms with E-state index in [1.165, 1.54) is 6.07 Å². The SMILES string of the molecule is CCCCNC[C@@](C)(O)c1ccc(O)c(CO)c1. The molecule has 0 radical (unpaired) electrons. The predicted molar refractivity (Wildman–Crippen MR) is 71.4 cm³/mol. The molecule has 0 saturated heterocycles. The summed E-state index contributed by atoms with van der Waals surface area (Å²) in [5.74, 6) is 0.0518. The summed E-state index contributed by atoms with van der Waals surface area (Å²) in [6.45, 7) is 4.92. The minimum absolute atomic E-state index is 0.0518. The molecule has 0 heterocycles. The Morgan fingerprint density at radius 2 is 2.06 bits per heavy atom. The van der Waals surface area contributed by atoms with Crippen molar-refractivity contribution in [1.82, 2.24) is 5.32 Å². The zero-order valence-corrected chi connectivity index (χ0v) is 11.1. The molecular formula is C14H23NO3. The standard InChI is InChI=1S/C14H23NO3/c1-3-4-7-15-10-14(2,18)12-5-6-13(17)11(8-12)9-16/h5-6,8,15-18H,3-4,7,9-10H2,1-2H3/t14-/m1/s1. The second-order valence-electron chi connectivity index (χ2n) is 4.81. The van der Waals surface area contributed by atoms with Crippen molar-refractivity contribution >= 4 is 0 Å². The Balaban J connectivity index is 2.71. The Morgan fingerprint density at radius 1 is 1.33 bits per heavy atom. The first-order valence-corrected chi connectivity index (χ1v) is 6.37. The van der Waals surface area contributed by atoms with Gasteiger partial charge in [0.05, 0.1) is 12.2 Å². The first kappa shape index (κ1) is 15.0. The van der Waals surface area contributed by atoms with Gasteiger partial charge in [-0.3, -0.25) is 0 Å². The van der Waals surface area contributed by atoms with Crippen molar-refractivity contribution in [2.75, 3.05) is 13.1 Å². The zero-order chi connectivity index (χ0) is 13.6. The number of aliphatic hydroxyl groups excluding tert-OH is 1. The van der Waals surface area contributed by atoms with Crippen LogP contribution in [0.3, 0.4) is 0 Å². The van der Waals surface area contributed by atoms with Gasteiger partial charge in [0.2, 0.25) is 0 Å². The van der Waals surface area contributed by atoms with Crippen molar-refractivity contribution in [3.63, 3.8) is 0 Å². The number of unbranched alkanes of at least 4 members (excludes halogenated alkanes) is 1. The lowest BCUT2D eigenvalue weighted by molar-refractivity contribution is 0.0569. The predicted octanol–water partition coefficient (Wildman–Crippen LogP) is 1.48. The van der Waals surface area contributed by atoms with Crippen LogP contribution in [-0.2, 0) is 12.2 Å². The first-order chi connectivity index (χ1) is 8.51. The number of rotatable bonds is 7. The molecule has 4 nitrogen and oxygen atoms in total. The summed E-state index contributed by atoms with van der Waals surface area (Å²) in [5, 5.41) is 32.2. The van der Waals surface area contributed by atoms with Gasteiger partial charge in [-0.2, -0.15) is 0 Å². The zero-order valence-electron chi connectivity index (χ0n) is 11.1. The monoisotopic (exact) mass is 253 g/mol. The van der Waals surface area contributed by atoms with E-state index in [0.29, 0.717) is 17.7 Å². The van der Waals surface area contributed by atoms with Gasteiger partial charge in [0, 0.05) is 12.1 Å². The lowest BCUT2D eigenvalue weighted by atomic mass is 9.94. The van der Waals surface area contributed by atoms with E-state index in [1.54, 1.807) is 19.1 Å². The normalized spacial score (nSPS) is 14.4. The van der Waals surface area contributed by atoms with Crippen molar-refractivity contribution in [1.29, 1.82) is 0 Å². The van der Waals surface area contributed by atoms with Crippen LogP contribution >= 0.6 is 0 Å². The van der Waals surface area contributed by atoms with E-state index >= 15 is 0 Å². The molecule has 0 aliphatic carbocycles. The van der Waals surface area contributed by atoms with Crippen molar-refractivity contribution in [3.05, 3.63) is 29.3 Å². The van der Waals surface area contributed by atoms with E-state index in [4.69, 9.17) is 5.11 Å². The smallest absolute Gasteiger partial charge is 0.121 e. The molecule has 0 spiro atoms. The van der Waals surface area contributed by atoms with Crippen LogP contribution in [0.15, 0.2) is 18.2 Å². The molecule has 0 amide bonds. The molecule has 0 aromatic heterocycles. The van der Waals surface area contributed by atoms with Gasteiger partial charge in [0.25, 0.3) is 0 Å². The van der Waals surface area contributed by atoms with E-state index < -0.39 is 5.60 Å². The summed E-state index contributed by atoms with van der Waals surface area (Å²) in [4.78, 5) is 0. The van der Waals surface area contributed by atoms with E-state index in [-0.39, 0.29) is 12.4 Å². The third-order valence-electron chi connectivity index (χ3n) is 3.05. The van der Waals surface area contributed by atoms with Crippen LogP contribution in [0, 0.1) is 0 Å². The number of benzene rings is 1. The molecule has 0 fully saturated rings. The van der Waals surface area contributed by atoms with Crippen molar-refractivity contribution < 1.29 is 15.3 Å². The molecule has 1 rings (SSSR count). The van der Waals surface area contributed by atoms with Gasteiger partial charge in [-0.1, -0.05) is 19.4 Å². The van der Waals surface area contributed by atoms with Gasteiger partial charge in [0.1, 0.15) is 5.75 Å². The number of aromatic hydroxyl groups is 1. The molecule has 0 saturated carbocycles. The molecule has 0 aliphatic heterocycles. The molecule has 102 valence electrons. The van der Waals surface area contributed by atoms with Crippen molar-refractivity contribution in [3.8, 4) is 5.75 Å². The minimum Gasteiger partial charge on any atom is -0.508 e. The molecule has 4 N–H and O–H groups in total. The third-order valence-corrected chi connectivity index (χ3v) is 3.05. The lowest BCUT2D eigenvalue weighted by Gasteiger charge is -2.25. The number of phenols is 1. The molecule has 1 aromatic rings. The van der Waals surface area contributed by atoms with Crippen LogP contribution in [0.5, 0.6) is 5.75 Å². The number of hydrogen-bond donors (Lipinski definition) is 4. The summed E-state index contributed by atoms with van der Waals surface area (Å²) < 4.78 is 0. The summed E-state index contributed by atoms with van der Waals surface area (Å²) in [6.07, 6.45) is 2.19. The van der Waals surface area contributed by atoms with Gasteiger partial charge < -0.3 is 20.6 Å². The highest BCUT2D eigenvalue weighted by atomic mass is 16.3. The maximum absolute atomic E-state index is 10.4. The average Bonchev–Trinajstić information content (AvgIpc) is 2.35.